The van der Waals surface area contributed by atoms with E-state index in [4.69, 9.17) is 10.1 Å². The van der Waals surface area contributed by atoms with Gasteiger partial charge < -0.3 is 10.0 Å². The Hall–Kier alpha value is -2.81. The summed E-state index contributed by atoms with van der Waals surface area (Å²) in [7, 11) is 0. The first-order valence-electron chi connectivity index (χ1n) is 8.37. The number of carboxylic acids is 1. The van der Waals surface area contributed by atoms with Crippen molar-refractivity contribution >= 4 is 33.4 Å². The van der Waals surface area contributed by atoms with E-state index in [1.54, 1.807) is 16.2 Å². The van der Waals surface area contributed by atoms with Gasteiger partial charge in [0.05, 0.1) is 21.4 Å². The second-order valence-electron chi connectivity index (χ2n) is 6.28. The summed E-state index contributed by atoms with van der Waals surface area (Å²) >= 11 is 1.73. The number of carbonyl (C=O) groups excluding carboxylic acids is 1. The van der Waals surface area contributed by atoms with E-state index >= 15 is 0 Å². The molecule has 26 heavy (non-hydrogen) atoms. The van der Waals surface area contributed by atoms with Crippen molar-refractivity contribution in [3.05, 3.63) is 41.2 Å². The Morgan fingerprint density at radius 3 is 2.69 bits per heavy atom. The topological polar surface area (TPSA) is 101 Å². The van der Waals surface area contributed by atoms with Gasteiger partial charge in [-0.3, -0.25) is 4.79 Å². The fourth-order valence-electron chi connectivity index (χ4n) is 3.15. The first-order chi connectivity index (χ1) is 12.6. The van der Waals surface area contributed by atoms with E-state index < -0.39 is 5.97 Å². The van der Waals surface area contributed by atoms with Crippen LogP contribution in [0.25, 0.3) is 10.2 Å². The van der Waals surface area contributed by atoms with E-state index in [9.17, 15) is 9.59 Å². The van der Waals surface area contributed by atoms with E-state index in [1.807, 2.05) is 18.2 Å². The largest absolute Gasteiger partial charge is 0.476 e. The summed E-state index contributed by atoms with van der Waals surface area (Å²) in [5, 5.41) is 17.2. The minimum absolute atomic E-state index is 0.00604. The van der Waals surface area contributed by atoms with Crippen molar-refractivity contribution in [1.29, 1.82) is 0 Å². The lowest BCUT2D eigenvalue weighted by Gasteiger charge is -2.31. The number of fused-ring (bicyclic) bond motifs is 1. The third kappa shape index (κ3) is 3.30. The first-order valence-corrected chi connectivity index (χ1v) is 9.18. The highest BCUT2D eigenvalue weighted by Crippen LogP contribution is 2.33. The number of carboxylic acid groups (broad SMARTS) is 1. The maximum absolute atomic E-state index is 12.4. The summed E-state index contributed by atoms with van der Waals surface area (Å²) in [6.07, 6.45) is 3.03. The average molecular weight is 371 g/mol. The molecule has 1 aromatic carbocycles. The second kappa shape index (κ2) is 6.83. The molecular formula is C17H17N5O3S. The summed E-state index contributed by atoms with van der Waals surface area (Å²) in [5.41, 5.74) is 0.874. The number of rotatable bonds is 4. The number of aromatic carboxylic acids is 1. The molecule has 3 heterocycles. The molecule has 0 atom stereocenters. The maximum atomic E-state index is 12.4. The molecule has 0 aliphatic carbocycles. The fraction of sp³-hybridized carbons (Fsp3) is 0.353. The maximum Gasteiger partial charge on any atom is 0.358 e. The number of amides is 1. The van der Waals surface area contributed by atoms with Crippen molar-refractivity contribution in [3.63, 3.8) is 0 Å². The molecule has 3 aromatic rings. The molecule has 0 unspecified atom stereocenters. The first kappa shape index (κ1) is 16.6. The Labute approximate surface area is 153 Å². The molecule has 1 aliphatic heterocycles. The summed E-state index contributed by atoms with van der Waals surface area (Å²) in [6.45, 7) is 1.34. The van der Waals surface area contributed by atoms with Crippen molar-refractivity contribution in [2.45, 2.75) is 25.3 Å². The number of nitrogens with zero attached hydrogens (tertiary/aromatic N) is 5. The predicted octanol–water partition coefficient (Wildman–Crippen LogP) is 1.99. The van der Waals surface area contributed by atoms with Crippen LogP contribution in [0.4, 0.5) is 0 Å². The highest BCUT2D eigenvalue weighted by Gasteiger charge is 2.26. The molecule has 0 saturated carbocycles. The molecule has 134 valence electrons. The number of likely N-dealkylation sites (tertiary alicyclic amines) is 1. The second-order valence-corrected chi connectivity index (χ2v) is 7.34. The van der Waals surface area contributed by atoms with E-state index in [1.165, 1.54) is 15.6 Å². The predicted molar refractivity (Wildman–Crippen MR) is 95.2 cm³/mol. The van der Waals surface area contributed by atoms with Gasteiger partial charge in [-0.2, -0.15) is 0 Å². The van der Waals surface area contributed by atoms with E-state index in [0.29, 0.717) is 19.0 Å². The minimum atomic E-state index is -1.15. The van der Waals surface area contributed by atoms with Crippen LogP contribution in [0.2, 0.25) is 0 Å². The summed E-state index contributed by atoms with van der Waals surface area (Å²) in [4.78, 5) is 29.8. The van der Waals surface area contributed by atoms with Crippen molar-refractivity contribution in [2.75, 3.05) is 13.1 Å². The zero-order valence-electron chi connectivity index (χ0n) is 13.9. The molecule has 0 spiro atoms. The van der Waals surface area contributed by atoms with Gasteiger partial charge in [-0.15, -0.1) is 16.4 Å². The lowest BCUT2D eigenvalue weighted by molar-refractivity contribution is -0.133. The minimum Gasteiger partial charge on any atom is -0.476 e. The Balaban J connectivity index is 1.36. The molecule has 0 bridgehead atoms. The van der Waals surface area contributed by atoms with E-state index in [-0.39, 0.29) is 18.1 Å². The number of benzene rings is 1. The molecule has 1 fully saturated rings. The molecule has 9 heteroatoms. The van der Waals surface area contributed by atoms with Crippen LogP contribution in [0.3, 0.4) is 0 Å². The third-order valence-corrected chi connectivity index (χ3v) is 5.76. The molecular weight excluding hydrogens is 354 g/mol. The van der Waals surface area contributed by atoms with Crippen molar-refractivity contribution < 1.29 is 14.7 Å². The van der Waals surface area contributed by atoms with Crippen LogP contribution < -0.4 is 0 Å². The normalized spacial score (nSPS) is 15.5. The van der Waals surface area contributed by atoms with Crippen LogP contribution in [-0.4, -0.2) is 55.0 Å². The van der Waals surface area contributed by atoms with Crippen LogP contribution in [0.1, 0.15) is 34.3 Å². The van der Waals surface area contributed by atoms with Crippen molar-refractivity contribution in [1.82, 2.24) is 24.9 Å². The Morgan fingerprint density at radius 2 is 2.00 bits per heavy atom. The smallest absolute Gasteiger partial charge is 0.358 e. The number of piperidine rings is 1. The molecule has 0 radical (unpaired) electrons. The number of hydrogen-bond donors (Lipinski definition) is 1. The Bertz CT molecular complexity index is 925. The van der Waals surface area contributed by atoms with Crippen LogP contribution >= 0.6 is 11.3 Å². The van der Waals surface area contributed by atoms with Gasteiger partial charge in [0, 0.05) is 19.0 Å². The monoisotopic (exact) mass is 371 g/mol. The van der Waals surface area contributed by atoms with Gasteiger partial charge in [0.1, 0.15) is 6.54 Å². The molecule has 1 amide bonds. The molecule has 2 aromatic heterocycles. The van der Waals surface area contributed by atoms with Gasteiger partial charge in [-0.05, 0) is 25.0 Å². The average Bonchev–Trinajstić information content (AvgIpc) is 3.28. The molecule has 8 nitrogen and oxygen atoms in total. The van der Waals surface area contributed by atoms with Crippen molar-refractivity contribution in [2.24, 2.45) is 0 Å². The number of para-hydroxylation sites is 1. The number of thiazole rings is 1. The lowest BCUT2D eigenvalue weighted by Crippen LogP contribution is -2.39. The van der Waals surface area contributed by atoms with Gasteiger partial charge >= 0.3 is 5.97 Å². The third-order valence-electron chi connectivity index (χ3n) is 4.56. The van der Waals surface area contributed by atoms with Crippen molar-refractivity contribution in [3.8, 4) is 0 Å². The van der Waals surface area contributed by atoms with E-state index in [2.05, 4.69) is 16.4 Å². The lowest BCUT2D eigenvalue weighted by atomic mass is 9.97. The van der Waals surface area contributed by atoms with E-state index in [0.717, 1.165) is 23.4 Å². The molecule has 1 saturated heterocycles. The molecule has 4 rings (SSSR count). The number of carbonyl (C=O) groups is 2. The van der Waals surface area contributed by atoms with Crippen LogP contribution in [0, 0.1) is 0 Å². The Morgan fingerprint density at radius 1 is 1.23 bits per heavy atom. The SMILES string of the molecule is O=C(O)c1cn(CC(=O)N2CCC(c3nc4ccccc4s3)CC2)nn1. The highest BCUT2D eigenvalue weighted by atomic mass is 32.1. The molecule has 1 aliphatic rings. The zero-order chi connectivity index (χ0) is 18.1. The van der Waals surface area contributed by atoms with Gasteiger partial charge in [0.25, 0.3) is 0 Å². The van der Waals surface area contributed by atoms with Gasteiger partial charge in [-0.25, -0.2) is 14.5 Å². The van der Waals surface area contributed by atoms with Crippen LogP contribution in [0.15, 0.2) is 30.5 Å². The summed E-state index contributed by atoms with van der Waals surface area (Å²) < 4.78 is 2.47. The standard InChI is InChI=1S/C17H17N5O3S/c23-15(10-22-9-13(17(24)25)19-20-22)21-7-5-11(6-8-21)16-18-12-3-1-2-4-14(12)26-16/h1-4,9,11H,5-8,10H2,(H,24,25). The summed E-state index contributed by atoms with van der Waals surface area (Å²) in [5.74, 6) is -0.851. The Kier molecular flexibility index (Phi) is 4.37. The van der Waals surface area contributed by atoms with Gasteiger partial charge in [0.2, 0.25) is 5.91 Å². The fourth-order valence-corrected chi connectivity index (χ4v) is 4.29. The van der Waals surface area contributed by atoms with Crippen LogP contribution in [-0.2, 0) is 11.3 Å². The number of hydrogen-bond acceptors (Lipinski definition) is 6. The molecule has 1 N–H and O–H groups in total. The quantitative estimate of drug-likeness (QED) is 0.753. The zero-order valence-corrected chi connectivity index (χ0v) is 14.7. The summed E-state index contributed by atoms with van der Waals surface area (Å²) in [6, 6.07) is 8.12. The number of aromatic nitrogens is 4. The highest BCUT2D eigenvalue weighted by molar-refractivity contribution is 7.18. The van der Waals surface area contributed by atoms with Gasteiger partial charge in [-0.1, -0.05) is 17.3 Å². The van der Waals surface area contributed by atoms with Gasteiger partial charge in [0.15, 0.2) is 5.69 Å². The van der Waals surface area contributed by atoms with Crippen LogP contribution in [0.5, 0.6) is 0 Å².